The van der Waals surface area contributed by atoms with Crippen LogP contribution in [0.15, 0.2) is 70.6 Å². The first-order valence-electron chi connectivity index (χ1n) is 11.0. The Balaban J connectivity index is 1.30. The first-order valence-corrected chi connectivity index (χ1v) is 13.2. The van der Waals surface area contributed by atoms with E-state index in [1.54, 1.807) is 17.6 Å². The van der Waals surface area contributed by atoms with Gasteiger partial charge in [0, 0.05) is 27.5 Å². The average Bonchev–Trinajstić information content (AvgIpc) is 3.66. The number of rotatable bonds is 6. The van der Waals surface area contributed by atoms with Crippen LogP contribution in [-0.4, -0.2) is 35.6 Å². The van der Waals surface area contributed by atoms with E-state index in [1.165, 1.54) is 16.9 Å². The van der Waals surface area contributed by atoms with Gasteiger partial charge in [0.1, 0.15) is 11.4 Å². The number of nitrogens with zero attached hydrogens (tertiary/aromatic N) is 7. The van der Waals surface area contributed by atoms with Gasteiger partial charge in [0.2, 0.25) is 5.13 Å². The zero-order valence-corrected chi connectivity index (χ0v) is 21.6. The molecule has 11 heteroatoms. The largest absolute Gasteiger partial charge is 0.289 e. The Morgan fingerprint density at radius 3 is 2.58 bits per heavy atom. The average molecular weight is 531 g/mol. The minimum absolute atomic E-state index is 0.685. The molecule has 0 saturated heterocycles. The van der Waals surface area contributed by atoms with E-state index in [-0.39, 0.29) is 0 Å². The molecule has 6 aromatic rings. The van der Waals surface area contributed by atoms with Crippen molar-refractivity contribution in [2.75, 3.05) is 5.43 Å². The number of thiazole rings is 2. The van der Waals surface area contributed by atoms with Crippen molar-refractivity contribution >= 4 is 50.6 Å². The molecule has 4 aromatic heterocycles. The lowest BCUT2D eigenvalue weighted by Crippen LogP contribution is -1.99. The van der Waals surface area contributed by atoms with Crippen LogP contribution in [0.3, 0.4) is 0 Å². The predicted molar refractivity (Wildman–Crippen MR) is 147 cm³/mol. The summed E-state index contributed by atoms with van der Waals surface area (Å²) in [5.74, 6) is 0. The molecule has 178 valence electrons. The third kappa shape index (κ3) is 4.19. The van der Waals surface area contributed by atoms with Gasteiger partial charge in [-0.05, 0) is 38.1 Å². The van der Waals surface area contributed by atoms with Crippen LogP contribution in [0.25, 0.3) is 33.3 Å². The fraction of sp³-hybridized carbons (Fsp3) is 0.0800. The van der Waals surface area contributed by atoms with E-state index in [1.807, 2.05) is 69.4 Å². The highest BCUT2D eigenvalue weighted by molar-refractivity contribution is 7.15. The van der Waals surface area contributed by atoms with Crippen molar-refractivity contribution in [3.8, 4) is 28.3 Å². The summed E-state index contributed by atoms with van der Waals surface area (Å²) in [7, 11) is 0. The van der Waals surface area contributed by atoms with E-state index in [2.05, 4.69) is 44.9 Å². The number of hydrogen-bond donors (Lipinski definition) is 1. The molecule has 4 heterocycles. The number of aromatic nitrogens is 6. The fourth-order valence-electron chi connectivity index (χ4n) is 3.81. The maximum Gasteiger partial charge on any atom is 0.203 e. The normalized spacial score (nSPS) is 11.6. The summed E-state index contributed by atoms with van der Waals surface area (Å²) in [5.41, 5.74) is 10.2. The third-order valence-electron chi connectivity index (χ3n) is 5.69. The summed E-state index contributed by atoms with van der Waals surface area (Å²) < 4.78 is 3.83. The van der Waals surface area contributed by atoms with Crippen molar-refractivity contribution < 1.29 is 0 Å². The topological polar surface area (TPSA) is 85.3 Å². The monoisotopic (exact) mass is 530 g/mol. The molecule has 0 atom stereocenters. The summed E-state index contributed by atoms with van der Waals surface area (Å²) in [6.07, 6.45) is 3.72. The van der Waals surface area contributed by atoms with Crippen LogP contribution in [-0.2, 0) is 0 Å². The van der Waals surface area contributed by atoms with Crippen LogP contribution in [0.4, 0.5) is 5.13 Å². The van der Waals surface area contributed by atoms with Gasteiger partial charge in [-0.25, -0.2) is 14.6 Å². The van der Waals surface area contributed by atoms with E-state index in [0.717, 1.165) is 39.0 Å². The molecule has 8 nitrogen and oxygen atoms in total. The second kappa shape index (κ2) is 9.30. The van der Waals surface area contributed by atoms with Gasteiger partial charge in [0.25, 0.3) is 0 Å². The SMILES string of the molecule is Cc1ccc(-n2nnc(-c3nc4sccn4c3/C=N\Nc3nc(-c4ccc(Cl)cc4)cs3)c2C)cc1. The number of anilines is 1. The molecule has 2 aromatic carbocycles. The van der Waals surface area contributed by atoms with Gasteiger partial charge in [-0.15, -0.1) is 27.8 Å². The van der Waals surface area contributed by atoms with Crippen LogP contribution < -0.4 is 5.43 Å². The Morgan fingerprint density at radius 2 is 1.78 bits per heavy atom. The maximum absolute atomic E-state index is 5.99. The standard InChI is InChI=1S/C25H19ClN8S2/c1-15-3-9-19(10-4-15)34-16(2)22(30-32-34)23-21(33-11-12-35-25(33)29-23)13-27-31-24-28-20(14-36-24)17-5-7-18(26)8-6-17/h3-14H,1-2H3,(H,28,31)/b27-13-. The third-order valence-corrected chi connectivity index (χ3v) is 7.44. The molecule has 0 bridgehead atoms. The zero-order valence-electron chi connectivity index (χ0n) is 19.3. The Hall–Kier alpha value is -3.86. The van der Waals surface area contributed by atoms with Crippen LogP contribution >= 0.6 is 34.3 Å². The van der Waals surface area contributed by atoms with Crippen molar-refractivity contribution in [3.05, 3.63) is 87.5 Å². The predicted octanol–water partition coefficient (Wildman–Crippen LogP) is 6.48. The number of hydrogen-bond acceptors (Lipinski definition) is 8. The lowest BCUT2D eigenvalue weighted by Gasteiger charge is -2.04. The molecule has 0 radical (unpaired) electrons. The van der Waals surface area contributed by atoms with E-state index in [0.29, 0.717) is 15.8 Å². The number of aryl methyl sites for hydroxylation is 1. The van der Waals surface area contributed by atoms with Crippen molar-refractivity contribution in [2.45, 2.75) is 13.8 Å². The van der Waals surface area contributed by atoms with Gasteiger partial charge in [-0.2, -0.15) is 5.10 Å². The van der Waals surface area contributed by atoms with E-state index < -0.39 is 0 Å². The number of imidazole rings is 1. The summed E-state index contributed by atoms with van der Waals surface area (Å²) in [6, 6.07) is 15.8. The molecule has 0 aliphatic carbocycles. The van der Waals surface area contributed by atoms with Crippen LogP contribution in [0.2, 0.25) is 5.02 Å². The summed E-state index contributed by atoms with van der Waals surface area (Å²) in [6.45, 7) is 4.06. The Labute approximate surface area is 219 Å². The minimum Gasteiger partial charge on any atom is -0.289 e. The molecular weight excluding hydrogens is 512 g/mol. The van der Waals surface area contributed by atoms with Gasteiger partial charge in [0.15, 0.2) is 4.96 Å². The Morgan fingerprint density at radius 1 is 0.972 bits per heavy atom. The van der Waals surface area contributed by atoms with Crippen molar-refractivity contribution in [3.63, 3.8) is 0 Å². The van der Waals surface area contributed by atoms with Gasteiger partial charge >= 0.3 is 0 Å². The molecule has 0 aliphatic rings. The smallest absolute Gasteiger partial charge is 0.203 e. The summed E-state index contributed by atoms with van der Waals surface area (Å²) in [5, 5.41) is 18.7. The highest BCUT2D eigenvalue weighted by Gasteiger charge is 2.20. The second-order valence-corrected chi connectivity index (χ2v) is 10.3. The highest BCUT2D eigenvalue weighted by atomic mass is 35.5. The zero-order chi connectivity index (χ0) is 24.6. The first-order chi connectivity index (χ1) is 17.6. The van der Waals surface area contributed by atoms with Crippen LogP contribution in [0.1, 0.15) is 17.0 Å². The molecule has 0 amide bonds. The minimum atomic E-state index is 0.685. The molecule has 0 spiro atoms. The number of benzene rings is 2. The summed E-state index contributed by atoms with van der Waals surface area (Å²) >= 11 is 9.03. The Kier molecular flexibility index (Phi) is 5.84. The van der Waals surface area contributed by atoms with Gasteiger partial charge in [0.05, 0.1) is 29.0 Å². The van der Waals surface area contributed by atoms with Crippen LogP contribution in [0, 0.1) is 13.8 Å². The second-order valence-electron chi connectivity index (χ2n) is 8.09. The lowest BCUT2D eigenvalue weighted by atomic mass is 10.2. The highest BCUT2D eigenvalue weighted by Crippen LogP contribution is 2.29. The van der Waals surface area contributed by atoms with E-state index >= 15 is 0 Å². The molecule has 1 N–H and O–H groups in total. The molecule has 0 aliphatic heterocycles. The number of halogens is 1. The number of fused-ring (bicyclic) bond motifs is 1. The number of hydrazone groups is 1. The fourth-order valence-corrected chi connectivity index (χ4v) is 5.32. The van der Waals surface area contributed by atoms with Gasteiger partial charge < -0.3 is 0 Å². The molecule has 6 rings (SSSR count). The summed E-state index contributed by atoms with van der Waals surface area (Å²) in [4.78, 5) is 10.3. The van der Waals surface area contributed by atoms with E-state index in [9.17, 15) is 0 Å². The van der Waals surface area contributed by atoms with Crippen LogP contribution in [0.5, 0.6) is 0 Å². The van der Waals surface area contributed by atoms with Crippen molar-refractivity contribution in [1.82, 2.24) is 29.4 Å². The van der Waals surface area contributed by atoms with Gasteiger partial charge in [-0.3, -0.25) is 9.83 Å². The number of nitrogens with one attached hydrogen (secondary N) is 1. The molecule has 0 saturated carbocycles. The molecule has 0 unspecified atom stereocenters. The molecule has 0 fully saturated rings. The lowest BCUT2D eigenvalue weighted by molar-refractivity contribution is 0.785. The quantitative estimate of drug-likeness (QED) is 0.197. The van der Waals surface area contributed by atoms with E-state index in [4.69, 9.17) is 16.6 Å². The first kappa shape index (κ1) is 22.6. The van der Waals surface area contributed by atoms with Gasteiger partial charge in [-0.1, -0.05) is 46.6 Å². The van der Waals surface area contributed by atoms with Crippen molar-refractivity contribution in [1.29, 1.82) is 0 Å². The molecule has 36 heavy (non-hydrogen) atoms. The van der Waals surface area contributed by atoms with Crippen molar-refractivity contribution in [2.24, 2.45) is 5.10 Å². The molecular formula is C25H19ClN8S2. The Bertz CT molecular complexity index is 1690. The maximum atomic E-state index is 5.99.